The van der Waals surface area contributed by atoms with Gasteiger partial charge >= 0.3 is 0 Å². The van der Waals surface area contributed by atoms with Crippen molar-refractivity contribution in [3.05, 3.63) is 58.9 Å². The molecule has 0 aromatic heterocycles. The molecule has 6 nitrogen and oxygen atoms in total. The number of nitrogens with one attached hydrogen (secondary N) is 2. The summed E-state index contributed by atoms with van der Waals surface area (Å²) >= 11 is 0. The highest BCUT2D eigenvalue weighted by molar-refractivity contribution is 14.0. The molecule has 0 saturated carbocycles. The molecular formula is C21H29FIN3O3. The minimum Gasteiger partial charge on any atom is -0.497 e. The monoisotopic (exact) mass is 517 g/mol. The molecule has 0 amide bonds. The first-order valence-corrected chi connectivity index (χ1v) is 8.97. The van der Waals surface area contributed by atoms with Crippen molar-refractivity contribution in [2.45, 2.75) is 26.1 Å². The lowest BCUT2D eigenvalue weighted by atomic mass is 10.1. The van der Waals surface area contributed by atoms with E-state index in [9.17, 15) is 4.39 Å². The van der Waals surface area contributed by atoms with E-state index in [-0.39, 0.29) is 42.4 Å². The van der Waals surface area contributed by atoms with Gasteiger partial charge in [-0.15, -0.1) is 24.0 Å². The fraction of sp³-hybridized carbons (Fsp3) is 0.381. The summed E-state index contributed by atoms with van der Waals surface area (Å²) in [5.74, 6) is 1.87. The Hall–Kier alpha value is -2.07. The van der Waals surface area contributed by atoms with Crippen LogP contribution in [0.25, 0.3) is 0 Å². The zero-order chi connectivity index (χ0) is 20.5. The number of hydrogen-bond acceptors (Lipinski definition) is 4. The van der Waals surface area contributed by atoms with E-state index < -0.39 is 0 Å². The van der Waals surface area contributed by atoms with E-state index in [4.69, 9.17) is 14.2 Å². The molecule has 2 aromatic carbocycles. The van der Waals surface area contributed by atoms with E-state index in [0.717, 1.165) is 22.6 Å². The van der Waals surface area contributed by atoms with Crippen LogP contribution >= 0.6 is 24.0 Å². The Morgan fingerprint density at radius 3 is 2.48 bits per heavy atom. The molecule has 1 atom stereocenters. The van der Waals surface area contributed by atoms with Gasteiger partial charge in [-0.1, -0.05) is 6.07 Å². The summed E-state index contributed by atoms with van der Waals surface area (Å²) in [7, 11) is 6.51. The van der Waals surface area contributed by atoms with Gasteiger partial charge < -0.3 is 24.8 Å². The van der Waals surface area contributed by atoms with E-state index in [2.05, 4.69) is 15.6 Å². The lowest BCUT2D eigenvalue weighted by Crippen LogP contribution is -2.38. The van der Waals surface area contributed by atoms with E-state index in [1.54, 1.807) is 40.5 Å². The van der Waals surface area contributed by atoms with Crippen molar-refractivity contribution in [2.24, 2.45) is 4.99 Å². The Morgan fingerprint density at radius 2 is 1.86 bits per heavy atom. The first kappa shape index (κ1) is 25.0. The van der Waals surface area contributed by atoms with Gasteiger partial charge in [-0.2, -0.15) is 0 Å². The molecule has 0 aliphatic carbocycles. The Labute approximate surface area is 188 Å². The van der Waals surface area contributed by atoms with Gasteiger partial charge in [-0.05, 0) is 42.8 Å². The van der Waals surface area contributed by atoms with Gasteiger partial charge in [-0.25, -0.2) is 4.39 Å². The smallest absolute Gasteiger partial charge is 0.191 e. The third-order valence-electron chi connectivity index (χ3n) is 4.35. The van der Waals surface area contributed by atoms with Crippen LogP contribution in [0.4, 0.5) is 4.39 Å². The fourth-order valence-corrected chi connectivity index (χ4v) is 2.85. The van der Waals surface area contributed by atoms with Gasteiger partial charge in [0.1, 0.15) is 17.3 Å². The van der Waals surface area contributed by atoms with Crippen LogP contribution in [0.3, 0.4) is 0 Å². The summed E-state index contributed by atoms with van der Waals surface area (Å²) in [5.41, 5.74) is 2.41. The summed E-state index contributed by atoms with van der Waals surface area (Å²) in [6.45, 7) is 2.75. The summed E-state index contributed by atoms with van der Waals surface area (Å²) in [6, 6.07) is 10.6. The number of guanidine groups is 1. The van der Waals surface area contributed by atoms with Crippen molar-refractivity contribution in [3.63, 3.8) is 0 Å². The molecule has 160 valence electrons. The molecule has 8 heteroatoms. The fourth-order valence-electron chi connectivity index (χ4n) is 2.85. The summed E-state index contributed by atoms with van der Waals surface area (Å²) in [4.78, 5) is 4.27. The van der Waals surface area contributed by atoms with Crippen LogP contribution < -0.4 is 20.1 Å². The number of nitrogens with zero attached hydrogens (tertiary/aromatic N) is 1. The maximum atomic E-state index is 13.8. The SMILES string of the molecule is CN=C(NCc1ccc(F)c(COC)c1)NC(C)c1cc(OC)ccc1OC.I. The topological polar surface area (TPSA) is 64.1 Å². The van der Waals surface area contributed by atoms with Gasteiger partial charge in [0.2, 0.25) is 0 Å². The van der Waals surface area contributed by atoms with Crippen LogP contribution in [0.1, 0.15) is 29.7 Å². The number of rotatable bonds is 8. The second-order valence-corrected chi connectivity index (χ2v) is 6.26. The maximum absolute atomic E-state index is 13.8. The molecular weight excluding hydrogens is 488 g/mol. The first-order chi connectivity index (χ1) is 13.5. The molecule has 0 fully saturated rings. The molecule has 2 rings (SSSR count). The van der Waals surface area contributed by atoms with E-state index in [0.29, 0.717) is 18.1 Å². The number of ether oxygens (including phenoxy) is 3. The van der Waals surface area contributed by atoms with Crippen molar-refractivity contribution in [2.75, 3.05) is 28.4 Å². The van der Waals surface area contributed by atoms with Crippen molar-refractivity contribution in [3.8, 4) is 11.5 Å². The van der Waals surface area contributed by atoms with E-state index >= 15 is 0 Å². The number of halogens is 2. The van der Waals surface area contributed by atoms with Gasteiger partial charge in [0.25, 0.3) is 0 Å². The van der Waals surface area contributed by atoms with Crippen LogP contribution in [0.15, 0.2) is 41.4 Å². The predicted molar refractivity (Wildman–Crippen MR) is 124 cm³/mol. The second-order valence-electron chi connectivity index (χ2n) is 6.26. The third kappa shape index (κ3) is 7.04. The molecule has 29 heavy (non-hydrogen) atoms. The summed E-state index contributed by atoms with van der Waals surface area (Å²) < 4.78 is 29.6. The number of methoxy groups -OCH3 is 3. The number of benzene rings is 2. The van der Waals surface area contributed by atoms with Crippen molar-refractivity contribution in [1.29, 1.82) is 0 Å². The molecule has 0 aliphatic rings. The van der Waals surface area contributed by atoms with E-state index in [1.165, 1.54) is 6.07 Å². The zero-order valence-electron chi connectivity index (χ0n) is 17.4. The maximum Gasteiger partial charge on any atom is 0.191 e. The van der Waals surface area contributed by atoms with Gasteiger partial charge in [0, 0.05) is 31.8 Å². The number of hydrogen-bond donors (Lipinski definition) is 2. The molecule has 0 aliphatic heterocycles. The molecule has 0 bridgehead atoms. The van der Waals surface area contributed by atoms with Crippen LogP contribution in [0.5, 0.6) is 11.5 Å². The summed E-state index contributed by atoms with van der Waals surface area (Å²) in [5, 5.41) is 6.58. The Balaban J connectivity index is 0.00000420. The average molecular weight is 517 g/mol. The minimum absolute atomic E-state index is 0. The highest BCUT2D eigenvalue weighted by Gasteiger charge is 2.14. The Kier molecular flexibility index (Phi) is 10.7. The quantitative estimate of drug-likeness (QED) is 0.315. The molecule has 2 N–H and O–H groups in total. The van der Waals surface area contributed by atoms with Crippen molar-refractivity contribution < 1.29 is 18.6 Å². The Bertz CT molecular complexity index is 818. The zero-order valence-corrected chi connectivity index (χ0v) is 19.7. The number of aliphatic imine (C=N–C) groups is 1. The molecule has 0 heterocycles. The molecule has 0 radical (unpaired) electrons. The molecule has 2 aromatic rings. The van der Waals surface area contributed by atoms with Gasteiger partial charge in [-0.3, -0.25) is 4.99 Å². The minimum atomic E-state index is -0.271. The van der Waals surface area contributed by atoms with Crippen LogP contribution in [0.2, 0.25) is 0 Å². The second kappa shape index (κ2) is 12.5. The normalized spacial score (nSPS) is 12.0. The van der Waals surface area contributed by atoms with Crippen LogP contribution in [0, 0.1) is 5.82 Å². The van der Waals surface area contributed by atoms with Crippen molar-refractivity contribution in [1.82, 2.24) is 10.6 Å². The first-order valence-electron chi connectivity index (χ1n) is 8.97. The standard InChI is InChI=1S/C21H28FN3O3.HI/c1-14(18-11-17(27-4)7-9-20(18)28-5)25-21(23-2)24-12-15-6-8-19(22)16(10-15)13-26-3;/h6-11,14H,12-13H2,1-5H3,(H2,23,24,25);1H. The van der Waals surface area contributed by atoms with Crippen molar-refractivity contribution >= 4 is 29.9 Å². The lowest BCUT2D eigenvalue weighted by molar-refractivity contribution is 0.181. The predicted octanol–water partition coefficient (Wildman–Crippen LogP) is 4.03. The van der Waals surface area contributed by atoms with E-state index in [1.807, 2.05) is 25.1 Å². The molecule has 0 spiro atoms. The average Bonchev–Trinajstić information content (AvgIpc) is 2.72. The van der Waals surface area contributed by atoms with Gasteiger partial charge in [0.05, 0.1) is 26.9 Å². The molecule has 0 saturated heterocycles. The van der Waals surface area contributed by atoms with Crippen LogP contribution in [-0.2, 0) is 17.9 Å². The largest absolute Gasteiger partial charge is 0.497 e. The summed E-state index contributed by atoms with van der Waals surface area (Å²) in [6.07, 6.45) is 0. The highest BCUT2D eigenvalue weighted by atomic mass is 127. The molecule has 1 unspecified atom stereocenters. The third-order valence-corrected chi connectivity index (χ3v) is 4.35. The Morgan fingerprint density at radius 1 is 1.10 bits per heavy atom. The highest BCUT2D eigenvalue weighted by Crippen LogP contribution is 2.29. The lowest BCUT2D eigenvalue weighted by Gasteiger charge is -2.21. The van der Waals surface area contributed by atoms with Gasteiger partial charge in [0.15, 0.2) is 5.96 Å². The van der Waals surface area contributed by atoms with Crippen LogP contribution in [-0.4, -0.2) is 34.3 Å².